The molecule has 6 aliphatic rings. The molecule has 60 heavy (non-hydrogen) atoms. The molecule has 1 aromatic heterocycles. The van der Waals surface area contributed by atoms with E-state index >= 15 is 0 Å². The molecule has 0 saturated heterocycles. The van der Waals surface area contributed by atoms with Crippen molar-refractivity contribution in [2.45, 2.75) is 49.9 Å². The Morgan fingerprint density at radius 2 is 1.12 bits per heavy atom. The molecule has 8 aromatic rings. The molecule has 4 bridgehead atoms. The molecule has 2 nitrogen and oxygen atoms in total. The third-order valence-electron chi connectivity index (χ3n) is 15.4. The van der Waals surface area contributed by atoms with Gasteiger partial charge in [-0.2, -0.15) is 0 Å². The highest BCUT2D eigenvalue weighted by Crippen LogP contribution is 2.69. The average Bonchev–Trinajstić information content (AvgIpc) is 3.82. The number of allylic oxidation sites excluding steroid dienone is 4. The second-order valence-electron chi connectivity index (χ2n) is 18.5. The summed E-state index contributed by atoms with van der Waals surface area (Å²) >= 11 is 0. The molecule has 1 spiro atoms. The number of nitrogens with zero attached hydrogens (tertiary/aromatic N) is 1. The molecule has 1 unspecified atom stereocenters. The van der Waals surface area contributed by atoms with Gasteiger partial charge in [-0.25, -0.2) is 0 Å². The van der Waals surface area contributed by atoms with E-state index in [9.17, 15) is 0 Å². The lowest BCUT2D eigenvalue weighted by atomic mass is 9.43. The van der Waals surface area contributed by atoms with E-state index in [1.54, 1.807) is 11.1 Å². The van der Waals surface area contributed by atoms with Gasteiger partial charge in [-0.3, -0.25) is 0 Å². The maximum absolute atomic E-state index is 6.37. The first-order chi connectivity index (χ1) is 29.7. The normalized spacial score (nSPS) is 24.5. The first kappa shape index (κ1) is 34.5. The molecule has 1 heterocycles. The van der Waals surface area contributed by atoms with Crippen molar-refractivity contribution in [3.8, 4) is 22.3 Å². The minimum atomic E-state index is 0.237. The van der Waals surface area contributed by atoms with Crippen molar-refractivity contribution in [3.63, 3.8) is 0 Å². The van der Waals surface area contributed by atoms with Crippen LogP contribution in [-0.4, -0.2) is 0 Å². The number of hydrogen-bond donors (Lipinski definition) is 0. The molecule has 2 heteroatoms. The fourth-order valence-electron chi connectivity index (χ4n) is 13.0. The predicted molar refractivity (Wildman–Crippen MR) is 248 cm³/mol. The van der Waals surface area contributed by atoms with Crippen LogP contribution in [0.1, 0.15) is 66.7 Å². The molecule has 0 aliphatic heterocycles. The van der Waals surface area contributed by atoms with Crippen molar-refractivity contribution in [2.75, 3.05) is 4.90 Å². The highest BCUT2D eigenvalue weighted by molar-refractivity contribution is 6.06. The fraction of sp³-hybridized carbons (Fsp3) is 0.207. The summed E-state index contributed by atoms with van der Waals surface area (Å²) in [5.74, 6) is 3.92. The molecular weight excluding hydrogens is 727 g/mol. The lowest BCUT2D eigenvalue weighted by molar-refractivity contribution is -0.0399. The Bertz CT molecular complexity index is 2990. The van der Waals surface area contributed by atoms with Crippen molar-refractivity contribution in [1.29, 1.82) is 0 Å². The largest absolute Gasteiger partial charge is 0.456 e. The Hall–Kier alpha value is -6.38. The molecule has 290 valence electrons. The number of rotatable bonds is 6. The molecule has 4 fully saturated rings. The Balaban J connectivity index is 0.800. The predicted octanol–water partition coefficient (Wildman–Crippen LogP) is 15.6. The summed E-state index contributed by atoms with van der Waals surface area (Å²) < 4.78 is 6.37. The van der Waals surface area contributed by atoms with E-state index in [0.717, 1.165) is 69.1 Å². The molecule has 6 aliphatic carbocycles. The van der Waals surface area contributed by atoms with Gasteiger partial charge in [0, 0.05) is 45.2 Å². The fourth-order valence-corrected chi connectivity index (χ4v) is 13.0. The quantitative estimate of drug-likeness (QED) is 0.167. The smallest absolute Gasteiger partial charge is 0.137 e. The molecule has 0 radical (unpaired) electrons. The maximum Gasteiger partial charge on any atom is 0.137 e. The van der Waals surface area contributed by atoms with Crippen molar-refractivity contribution in [2.24, 2.45) is 23.7 Å². The zero-order valence-electron chi connectivity index (χ0n) is 33.8. The molecule has 7 aromatic carbocycles. The average molecular weight is 774 g/mol. The van der Waals surface area contributed by atoms with Gasteiger partial charge in [0.15, 0.2) is 0 Å². The summed E-state index contributed by atoms with van der Waals surface area (Å²) in [6, 6.07) is 60.6. The van der Waals surface area contributed by atoms with Gasteiger partial charge in [-0.05, 0) is 155 Å². The van der Waals surface area contributed by atoms with Crippen LogP contribution in [0.2, 0.25) is 0 Å². The summed E-state index contributed by atoms with van der Waals surface area (Å²) in [6.07, 6.45) is 15.5. The third-order valence-corrected chi connectivity index (χ3v) is 15.4. The van der Waals surface area contributed by atoms with Gasteiger partial charge >= 0.3 is 0 Å². The Morgan fingerprint density at radius 3 is 1.87 bits per heavy atom. The van der Waals surface area contributed by atoms with E-state index in [-0.39, 0.29) is 5.41 Å². The Morgan fingerprint density at radius 1 is 0.483 bits per heavy atom. The van der Waals surface area contributed by atoms with Crippen molar-refractivity contribution in [3.05, 3.63) is 204 Å². The lowest BCUT2D eigenvalue weighted by Crippen LogP contribution is -2.55. The van der Waals surface area contributed by atoms with Gasteiger partial charge < -0.3 is 9.32 Å². The van der Waals surface area contributed by atoms with Crippen LogP contribution in [0.15, 0.2) is 186 Å². The highest BCUT2D eigenvalue weighted by atomic mass is 16.3. The summed E-state index contributed by atoms with van der Waals surface area (Å²) in [4.78, 5) is 2.34. The SMILES string of the molecule is C1=CC(c2ccc3c(c2)-c2ccccc2C32C3CC4CC(C3)CC2C4)CC=C1c1ccc(N(c2ccc(-c3ccccc3)cc2)c2ccc3c(c2)oc2ccccc23)cc1. The van der Waals surface area contributed by atoms with Crippen molar-refractivity contribution in [1.82, 2.24) is 0 Å². The Labute approximate surface area is 352 Å². The van der Waals surface area contributed by atoms with Crippen LogP contribution >= 0.6 is 0 Å². The minimum Gasteiger partial charge on any atom is -0.456 e. The van der Waals surface area contributed by atoms with E-state index < -0.39 is 0 Å². The van der Waals surface area contributed by atoms with E-state index in [0.29, 0.717) is 5.92 Å². The van der Waals surface area contributed by atoms with E-state index in [2.05, 4.69) is 175 Å². The number of para-hydroxylation sites is 1. The molecule has 4 saturated carbocycles. The first-order valence-electron chi connectivity index (χ1n) is 22.3. The van der Waals surface area contributed by atoms with E-state index in [1.807, 2.05) is 12.1 Å². The van der Waals surface area contributed by atoms with Gasteiger partial charge in [0.25, 0.3) is 0 Å². The van der Waals surface area contributed by atoms with Crippen LogP contribution in [-0.2, 0) is 5.41 Å². The van der Waals surface area contributed by atoms with Crippen LogP contribution in [0, 0.1) is 23.7 Å². The standard InChI is InChI=1S/C58H47NO/c1-2-8-39(9-3-1)41-18-23-47(24-19-41)59(49-27-28-52-51-11-5-7-13-56(51)60-57(52)36-49)48-25-20-42(21-26-48)40-14-16-43(17-15-40)44-22-29-55-53(35-44)50-10-4-6-12-54(50)58(55)45-31-37-30-38(33-45)34-46(58)32-37/h1-16,18-29,35-38,43,45-46H,17,30-34H2. The van der Waals surface area contributed by atoms with E-state index in [1.165, 1.54) is 71.1 Å². The highest BCUT2D eigenvalue weighted by Gasteiger charge is 2.61. The van der Waals surface area contributed by atoms with Crippen LogP contribution in [0.3, 0.4) is 0 Å². The second kappa shape index (κ2) is 13.3. The van der Waals surface area contributed by atoms with Crippen LogP contribution in [0.5, 0.6) is 0 Å². The molecule has 1 atom stereocenters. The minimum absolute atomic E-state index is 0.237. The van der Waals surface area contributed by atoms with Crippen LogP contribution in [0.4, 0.5) is 17.1 Å². The van der Waals surface area contributed by atoms with Gasteiger partial charge in [-0.15, -0.1) is 0 Å². The van der Waals surface area contributed by atoms with Crippen molar-refractivity contribution < 1.29 is 4.42 Å². The Kier molecular flexibility index (Phi) is 7.65. The summed E-state index contributed by atoms with van der Waals surface area (Å²) in [5, 5.41) is 2.28. The molecule has 14 rings (SSSR count). The number of furan rings is 1. The summed E-state index contributed by atoms with van der Waals surface area (Å²) in [6.45, 7) is 0. The van der Waals surface area contributed by atoms with Gasteiger partial charge in [0.05, 0.1) is 0 Å². The lowest BCUT2D eigenvalue weighted by Gasteiger charge is -2.61. The van der Waals surface area contributed by atoms with Crippen molar-refractivity contribution >= 4 is 44.6 Å². The third kappa shape index (κ3) is 5.19. The van der Waals surface area contributed by atoms with Gasteiger partial charge in [0.2, 0.25) is 0 Å². The molecular formula is C58H47NO. The topological polar surface area (TPSA) is 16.4 Å². The number of hydrogen-bond acceptors (Lipinski definition) is 2. The summed E-state index contributed by atoms with van der Waals surface area (Å²) in [7, 11) is 0. The molecule has 0 amide bonds. The zero-order chi connectivity index (χ0) is 39.4. The number of fused-ring (bicyclic) bond motifs is 6. The number of anilines is 3. The van der Waals surface area contributed by atoms with E-state index in [4.69, 9.17) is 4.42 Å². The van der Waals surface area contributed by atoms with Crippen LogP contribution < -0.4 is 4.90 Å². The maximum atomic E-state index is 6.37. The van der Waals surface area contributed by atoms with Gasteiger partial charge in [0.1, 0.15) is 11.2 Å². The molecule has 0 N–H and O–H groups in total. The van der Waals surface area contributed by atoms with Gasteiger partial charge in [-0.1, -0.05) is 133 Å². The second-order valence-corrected chi connectivity index (χ2v) is 18.5. The zero-order valence-corrected chi connectivity index (χ0v) is 33.8. The number of benzene rings is 7. The summed E-state index contributed by atoms with van der Waals surface area (Å²) in [5.41, 5.74) is 18.0. The van der Waals surface area contributed by atoms with Crippen LogP contribution in [0.25, 0.3) is 49.8 Å². The monoisotopic (exact) mass is 773 g/mol. The first-order valence-corrected chi connectivity index (χ1v) is 22.3.